The van der Waals surface area contributed by atoms with Crippen LogP contribution in [0.3, 0.4) is 0 Å². The first-order chi connectivity index (χ1) is 28.1. The summed E-state index contributed by atoms with van der Waals surface area (Å²) in [7, 11) is 0. The van der Waals surface area contributed by atoms with Crippen molar-refractivity contribution in [3.63, 3.8) is 0 Å². The van der Waals surface area contributed by atoms with Crippen molar-refractivity contribution in [2.45, 2.75) is 78.6 Å². The predicted octanol–water partition coefficient (Wildman–Crippen LogP) is 14.5. The molecule has 10 rings (SSSR count). The van der Waals surface area contributed by atoms with Crippen LogP contribution in [0, 0.1) is 18.8 Å². The number of fused-ring (bicyclic) bond motifs is 7. The van der Waals surface area contributed by atoms with Crippen LogP contribution in [0.2, 0.25) is 0 Å². The maximum Gasteiger partial charge on any atom is 0.225 e. The molecule has 1 fully saturated rings. The number of quaternary nitrogens is 2. The first kappa shape index (κ1) is 40.1. The van der Waals surface area contributed by atoms with Crippen LogP contribution in [-0.4, -0.2) is 9.55 Å². The molecule has 0 N–H and O–H groups in total. The quantitative estimate of drug-likeness (QED) is 0.0943. The van der Waals surface area contributed by atoms with Crippen LogP contribution in [0.1, 0.15) is 79.0 Å². The Balaban J connectivity index is 0.00000462. The number of nitrogens with zero attached hydrogens (tertiary/aromatic N) is 4. The minimum Gasteiger partial charge on any atom is -0.509 e. The molecule has 304 valence electrons. The Kier molecular flexibility index (Phi) is 9.26. The Morgan fingerprint density at radius 2 is 1.23 bits per heavy atom. The average Bonchev–Trinajstić information content (AvgIpc) is 3.70. The monoisotopic (exact) mass is 966 g/mol. The molecule has 0 bridgehead atoms. The fourth-order valence-electron chi connectivity index (χ4n) is 9.26. The van der Waals surface area contributed by atoms with Gasteiger partial charge in [0.2, 0.25) is 11.4 Å². The number of benzene rings is 6. The smallest absolute Gasteiger partial charge is 0.225 e. The second kappa shape index (κ2) is 13.9. The van der Waals surface area contributed by atoms with E-state index in [0.29, 0.717) is 20.7 Å². The van der Waals surface area contributed by atoms with Gasteiger partial charge in [-0.3, -0.25) is 0 Å². The summed E-state index contributed by atoms with van der Waals surface area (Å²) in [6.07, 6.45) is 1.91. The van der Waals surface area contributed by atoms with Gasteiger partial charge in [0, 0.05) is 68.0 Å². The van der Waals surface area contributed by atoms with Crippen LogP contribution in [0.15, 0.2) is 140 Å². The fraction of sp³-hybridized carbons (Fsp3) is 0.222. The molecule has 0 radical (unpaired) electrons. The van der Waals surface area contributed by atoms with E-state index in [9.17, 15) is 0 Å². The second-order valence-corrected chi connectivity index (χ2v) is 19.4. The Bertz CT molecular complexity index is 2960. The zero-order valence-electron chi connectivity index (χ0n) is 35.9. The van der Waals surface area contributed by atoms with Gasteiger partial charge in [-0.1, -0.05) is 147 Å². The summed E-state index contributed by atoms with van der Waals surface area (Å²) in [5.41, 5.74) is 12.9. The summed E-state index contributed by atoms with van der Waals surface area (Å²) in [6, 6.07) is 55.7. The number of pyridine rings is 1. The van der Waals surface area contributed by atoms with Crippen molar-refractivity contribution in [1.82, 2.24) is 18.7 Å². The maximum atomic E-state index is 6.92. The van der Waals surface area contributed by atoms with Crippen LogP contribution in [0.25, 0.3) is 38.8 Å². The SMILES string of the molecule is CC(C)(C)c1cc(Oc2[c-]c3c(cc2)c2ccccc2n3-c2cc(C(C)(C)C)ccn2)[c-]c([N+]23[CH-][N@+]2(c2cccc(C(C)(C)C)c2-c2ccccc2)c2ccccc23)c1.[Pt]. The molecule has 0 spiro atoms. The third-order valence-electron chi connectivity index (χ3n) is 12.4. The molecule has 0 saturated carbocycles. The van der Waals surface area contributed by atoms with Crippen molar-refractivity contribution in [3.8, 4) is 28.4 Å². The molecule has 6 aromatic carbocycles. The minimum absolute atomic E-state index is 0. The largest absolute Gasteiger partial charge is 0.509 e. The molecular weight excluding hydrogens is 916 g/mol. The van der Waals surface area contributed by atoms with Gasteiger partial charge in [0.05, 0.1) is 5.69 Å². The van der Waals surface area contributed by atoms with E-state index in [1.807, 2.05) is 12.3 Å². The number of hydrogen-bond donors (Lipinski definition) is 0. The van der Waals surface area contributed by atoms with Gasteiger partial charge >= 0.3 is 0 Å². The molecule has 8 aromatic rings. The molecule has 2 aliphatic rings. The Labute approximate surface area is 369 Å². The van der Waals surface area contributed by atoms with Crippen molar-refractivity contribution in [2.24, 2.45) is 0 Å². The van der Waals surface area contributed by atoms with Crippen molar-refractivity contribution >= 4 is 44.6 Å². The molecule has 6 heteroatoms. The topological polar surface area (TPSA) is 27.1 Å². The van der Waals surface area contributed by atoms with E-state index in [0.717, 1.165) is 33.3 Å². The van der Waals surface area contributed by atoms with E-state index in [4.69, 9.17) is 9.72 Å². The van der Waals surface area contributed by atoms with Gasteiger partial charge in [0.1, 0.15) is 5.82 Å². The van der Waals surface area contributed by atoms with Crippen molar-refractivity contribution in [3.05, 3.63) is 175 Å². The summed E-state index contributed by atoms with van der Waals surface area (Å²) in [5.74, 6) is 2.16. The first-order valence-corrected chi connectivity index (χ1v) is 20.7. The average molecular weight is 967 g/mol. The van der Waals surface area contributed by atoms with Crippen LogP contribution < -0.4 is 13.9 Å². The molecule has 2 aromatic heterocycles. The Hall–Kier alpha value is -5.32. The molecule has 60 heavy (non-hydrogen) atoms. The minimum atomic E-state index is -0.151. The fourth-order valence-corrected chi connectivity index (χ4v) is 9.26. The van der Waals surface area contributed by atoms with Crippen molar-refractivity contribution in [1.29, 1.82) is 0 Å². The van der Waals surface area contributed by atoms with Crippen LogP contribution in [0.5, 0.6) is 11.5 Å². The molecular formula is C54H51N4OPt-. The molecule has 0 amide bonds. The Morgan fingerprint density at radius 3 is 1.95 bits per heavy atom. The third kappa shape index (κ3) is 6.04. The first-order valence-electron chi connectivity index (χ1n) is 20.7. The number of aromatic nitrogens is 2. The standard InChI is InChI=1S/C54H51N4O.Pt/c1-52(2,3)37-28-29-55-50(32-37)56-45-22-14-13-20-42(45)43-27-26-40(34-46(43)56)59-41-31-38(53(4,5)6)30-39(33-41)57-35-58(57,48-24-16-15-23-47(48)57)49-25-17-21-44(54(7,8)9)51(49)36-18-11-10-12-19-36;/h10-32,35H,1-9H3;/q-1;/t57?,58-;/m1./s1. The zero-order valence-corrected chi connectivity index (χ0v) is 38.1. The van der Waals surface area contributed by atoms with Gasteiger partial charge in [0.15, 0.2) is 12.4 Å². The van der Waals surface area contributed by atoms with Gasteiger partial charge < -0.3 is 9.30 Å². The normalized spacial score (nSPS) is 18.4. The zero-order chi connectivity index (χ0) is 41.1. The summed E-state index contributed by atoms with van der Waals surface area (Å²) in [5, 5.41) is 2.26. The second-order valence-electron chi connectivity index (χ2n) is 19.4. The summed E-state index contributed by atoms with van der Waals surface area (Å²) >= 11 is 0. The summed E-state index contributed by atoms with van der Waals surface area (Å²) in [6.45, 7) is 22.9. The van der Waals surface area contributed by atoms with Crippen LogP contribution in [-0.2, 0) is 37.3 Å². The van der Waals surface area contributed by atoms with Gasteiger partial charge in [-0.2, -0.15) is 10.7 Å². The third-order valence-corrected chi connectivity index (χ3v) is 12.4. The molecule has 1 unspecified atom stereocenters. The Morgan fingerprint density at radius 1 is 0.567 bits per heavy atom. The van der Waals surface area contributed by atoms with Gasteiger partial charge in [-0.05, 0) is 56.5 Å². The molecule has 1 saturated heterocycles. The number of para-hydroxylation sites is 3. The summed E-state index contributed by atoms with van der Waals surface area (Å²) in [4.78, 5) is 4.89. The van der Waals surface area contributed by atoms with E-state index in [1.165, 1.54) is 44.9 Å². The molecule has 5 nitrogen and oxygen atoms in total. The number of ether oxygens (including phenoxy) is 1. The number of rotatable bonds is 6. The molecule has 2 atom stereocenters. The van der Waals surface area contributed by atoms with Crippen molar-refractivity contribution < 1.29 is 25.8 Å². The predicted molar refractivity (Wildman–Crippen MR) is 244 cm³/mol. The van der Waals surface area contributed by atoms with Gasteiger partial charge in [0.25, 0.3) is 0 Å². The van der Waals surface area contributed by atoms with E-state index < -0.39 is 0 Å². The molecule has 2 aliphatic heterocycles. The van der Waals surface area contributed by atoms with E-state index in [1.54, 1.807) is 0 Å². The summed E-state index contributed by atoms with van der Waals surface area (Å²) < 4.78 is 10.2. The van der Waals surface area contributed by atoms with Crippen LogP contribution >= 0.6 is 0 Å². The molecule has 0 aliphatic carbocycles. The van der Waals surface area contributed by atoms with Crippen molar-refractivity contribution in [2.75, 3.05) is 0 Å². The van der Waals surface area contributed by atoms with E-state index >= 15 is 0 Å². The van der Waals surface area contributed by atoms with E-state index in [2.05, 4.69) is 213 Å². The molecule has 4 heterocycles. The van der Waals surface area contributed by atoms with E-state index in [-0.39, 0.29) is 37.3 Å². The van der Waals surface area contributed by atoms with Gasteiger partial charge in [-0.25, -0.2) is 9.58 Å². The number of hydrogen-bond acceptors (Lipinski definition) is 2. The van der Waals surface area contributed by atoms with Crippen LogP contribution in [0.4, 0.5) is 22.7 Å². The van der Waals surface area contributed by atoms with Gasteiger partial charge in [-0.15, -0.1) is 35.2 Å². The maximum absolute atomic E-state index is 6.92.